The number of hydrogen-bond acceptors (Lipinski definition) is 5. The largest absolute Gasteiger partial charge is 0.465 e. The van der Waals surface area contributed by atoms with Crippen LogP contribution >= 0.6 is 18.9 Å². The van der Waals surface area contributed by atoms with Crippen molar-refractivity contribution < 1.29 is 23.9 Å². The summed E-state index contributed by atoms with van der Waals surface area (Å²) in [5.74, 6) is -0.673. The Kier molecular flexibility index (Phi) is 5.90. The molecule has 0 saturated carbocycles. The summed E-state index contributed by atoms with van der Waals surface area (Å²) in [6, 6.07) is 2.40. The molecule has 0 unspecified atom stereocenters. The number of thiophene rings is 1. The molecule has 6 nitrogen and oxygen atoms in total. The Balaban J connectivity index is 2.89. The maximum absolute atomic E-state index is 11.4. The fourth-order valence-electron chi connectivity index (χ4n) is 1.36. The molecule has 1 aromatic heterocycles. The molecular formula is C11H16NO5PS. The molecule has 0 fully saturated rings. The lowest BCUT2D eigenvalue weighted by Crippen LogP contribution is -2.32. The molecule has 0 aliphatic carbocycles. The van der Waals surface area contributed by atoms with E-state index in [0.29, 0.717) is 4.88 Å². The number of esters is 1. The second-order valence-corrected chi connectivity index (χ2v) is 6.40. The molecule has 1 heterocycles. The first-order valence-corrected chi connectivity index (χ1v) is 8.06. The molecular weight excluding hydrogens is 289 g/mol. The van der Waals surface area contributed by atoms with Gasteiger partial charge in [-0.2, -0.15) is 0 Å². The summed E-state index contributed by atoms with van der Waals surface area (Å²) in [6.45, 7) is 1.81. The summed E-state index contributed by atoms with van der Waals surface area (Å²) in [4.78, 5) is 30.6. The molecule has 0 aromatic carbocycles. The van der Waals surface area contributed by atoms with Gasteiger partial charge in [0.15, 0.2) is 0 Å². The van der Waals surface area contributed by atoms with E-state index in [1.807, 2.05) is 0 Å². The molecule has 0 radical (unpaired) electrons. The lowest BCUT2D eigenvalue weighted by molar-refractivity contribution is -0.144. The molecule has 19 heavy (non-hydrogen) atoms. The van der Waals surface area contributed by atoms with Crippen LogP contribution in [0.4, 0.5) is 0 Å². The van der Waals surface area contributed by atoms with Gasteiger partial charge in [-0.15, -0.1) is 11.3 Å². The van der Waals surface area contributed by atoms with Gasteiger partial charge in [-0.05, 0) is 24.4 Å². The number of carbonyl (C=O) groups excluding carboxylic acids is 1. The van der Waals surface area contributed by atoms with E-state index in [1.165, 1.54) is 17.4 Å². The van der Waals surface area contributed by atoms with E-state index in [0.717, 1.165) is 0 Å². The maximum Gasteiger partial charge on any atom is 0.352 e. The van der Waals surface area contributed by atoms with Gasteiger partial charge in [0.1, 0.15) is 6.04 Å². The van der Waals surface area contributed by atoms with Gasteiger partial charge >= 0.3 is 13.6 Å². The van der Waals surface area contributed by atoms with Crippen molar-refractivity contribution in [1.82, 2.24) is 0 Å². The van der Waals surface area contributed by atoms with Crippen LogP contribution in [0.1, 0.15) is 18.2 Å². The lowest BCUT2D eigenvalue weighted by atomic mass is 10.2. The molecule has 0 aliphatic heterocycles. The summed E-state index contributed by atoms with van der Waals surface area (Å²) >= 11 is 1.34. The molecule has 4 N–H and O–H groups in total. The third-order valence-corrected chi connectivity index (χ3v) is 4.12. The van der Waals surface area contributed by atoms with Gasteiger partial charge in [0, 0.05) is 16.6 Å². The highest BCUT2D eigenvalue weighted by Crippen LogP contribution is 2.48. The van der Waals surface area contributed by atoms with Crippen LogP contribution in [0.3, 0.4) is 0 Å². The van der Waals surface area contributed by atoms with Gasteiger partial charge in [0.25, 0.3) is 0 Å². The van der Waals surface area contributed by atoms with Gasteiger partial charge in [-0.25, -0.2) is 0 Å². The number of hydrogen-bond donors (Lipinski definition) is 3. The van der Waals surface area contributed by atoms with Gasteiger partial charge in [0.2, 0.25) is 0 Å². The van der Waals surface area contributed by atoms with Crippen LogP contribution in [0.5, 0.6) is 0 Å². The minimum atomic E-state index is -4.45. The van der Waals surface area contributed by atoms with Gasteiger partial charge in [-0.3, -0.25) is 9.36 Å². The van der Waals surface area contributed by atoms with Crippen LogP contribution < -0.4 is 5.73 Å². The molecule has 0 saturated heterocycles. The number of rotatable bonds is 6. The molecule has 0 spiro atoms. The number of carbonyl (C=O) groups is 1. The fourth-order valence-corrected chi connectivity index (χ4v) is 2.87. The van der Waals surface area contributed by atoms with Crippen LogP contribution in [-0.2, 0) is 14.1 Å². The summed E-state index contributed by atoms with van der Waals surface area (Å²) < 4.78 is 16.1. The predicted molar refractivity (Wildman–Crippen MR) is 73.6 cm³/mol. The average molecular weight is 305 g/mol. The first-order valence-electron chi connectivity index (χ1n) is 5.57. The molecule has 8 heteroatoms. The van der Waals surface area contributed by atoms with E-state index in [4.69, 9.17) is 10.5 Å². The van der Waals surface area contributed by atoms with Crippen molar-refractivity contribution in [3.63, 3.8) is 0 Å². The molecule has 1 atom stereocenters. The lowest BCUT2D eigenvalue weighted by Gasteiger charge is -2.14. The van der Waals surface area contributed by atoms with Crippen molar-refractivity contribution in [3.8, 4) is 0 Å². The highest BCUT2D eigenvalue weighted by Gasteiger charge is 2.26. The third-order valence-electron chi connectivity index (χ3n) is 2.24. The van der Waals surface area contributed by atoms with Crippen molar-refractivity contribution in [2.75, 3.05) is 6.61 Å². The summed E-state index contributed by atoms with van der Waals surface area (Å²) in [5.41, 5.74) is 5.57. The second-order valence-electron chi connectivity index (χ2n) is 3.76. The minimum Gasteiger partial charge on any atom is -0.465 e. The van der Waals surface area contributed by atoms with Crippen LogP contribution in [0.2, 0.25) is 0 Å². The van der Waals surface area contributed by atoms with Crippen LogP contribution in [0.15, 0.2) is 22.8 Å². The summed E-state index contributed by atoms with van der Waals surface area (Å²) in [6.07, 6.45) is 1.13. The monoisotopic (exact) mass is 305 g/mol. The standard InChI is InChI=1S/C11H16NO5PS/c1-2-17-11(13)10(12)7-8(18(14,15)16)6-9-4-3-5-19-9/h3-6,10H,2,7,12H2,1H3,(H2,14,15,16)/b8-6+/t10-/m0/s1. The Morgan fingerprint density at radius 1 is 1.63 bits per heavy atom. The molecule has 0 aliphatic rings. The van der Waals surface area contributed by atoms with E-state index in [2.05, 4.69) is 0 Å². The maximum atomic E-state index is 11.4. The van der Waals surface area contributed by atoms with E-state index in [-0.39, 0.29) is 18.3 Å². The van der Waals surface area contributed by atoms with Crippen LogP contribution in [0, 0.1) is 0 Å². The third kappa shape index (κ3) is 5.26. The molecule has 1 rings (SSSR count). The Morgan fingerprint density at radius 2 is 2.32 bits per heavy atom. The zero-order chi connectivity index (χ0) is 14.5. The quantitative estimate of drug-likeness (QED) is 0.543. The zero-order valence-corrected chi connectivity index (χ0v) is 12.1. The normalized spacial score (nSPS) is 14.2. The van der Waals surface area contributed by atoms with Crippen molar-refractivity contribution >= 4 is 31.0 Å². The minimum absolute atomic E-state index is 0.171. The topological polar surface area (TPSA) is 110 Å². The molecule has 0 amide bonds. The molecule has 0 bridgehead atoms. The van der Waals surface area contributed by atoms with Crippen LogP contribution in [-0.4, -0.2) is 28.4 Å². The Bertz CT molecular complexity index is 493. The molecule has 1 aromatic rings. The zero-order valence-electron chi connectivity index (χ0n) is 10.4. The molecule has 106 valence electrons. The van der Waals surface area contributed by atoms with Crippen molar-refractivity contribution in [2.45, 2.75) is 19.4 Å². The van der Waals surface area contributed by atoms with Gasteiger partial charge < -0.3 is 20.3 Å². The first kappa shape index (κ1) is 16.1. The number of nitrogens with two attached hydrogens (primary N) is 1. The number of ether oxygens (including phenoxy) is 1. The van der Waals surface area contributed by atoms with Crippen LogP contribution in [0.25, 0.3) is 6.08 Å². The van der Waals surface area contributed by atoms with Crippen molar-refractivity contribution in [3.05, 3.63) is 27.7 Å². The van der Waals surface area contributed by atoms with E-state index >= 15 is 0 Å². The highest BCUT2D eigenvalue weighted by molar-refractivity contribution is 7.56. The smallest absolute Gasteiger partial charge is 0.352 e. The Hall–Kier alpha value is -0.980. The SMILES string of the molecule is CCOC(=O)[C@@H](N)C/C(=C\c1cccs1)P(=O)(O)O. The Morgan fingerprint density at radius 3 is 2.79 bits per heavy atom. The second kappa shape index (κ2) is 6.98. The highest BCUT2D eigenvalue weighted by atomic mass is 32.1. The summed E-state index contributed by atoms with van der Waals surface area (Å²) in [5, 5.41) is 1.62. The van der Waals surface area contributed by atoms with E-state index < -0.39 is 19.6 Å². The first-order chi connectivity index (χ1) is 8.84. The van der Waals surface area contributed by atoms with Crippen molar-refractivity contribution in [1.29, 1.82) is 0 Å². The fraction of sp³-hybridized carbons (Fsp3) is 0.364. The van der Waals surface area contributed by atoms with Gasteiger partial charge in [-0.1, -0.05) is 6.07 Å². The van der Waals surface area contributed by atoms with E-state index in [1.54, 1.807) is 24.4 Å². The van der Waals surface area contributed by atoms with Gasteiger partial charge in [0.05, 0.1) is 6.61 Å². The summed E-state index contributed by atoms with van der Waals surface area (Å²) in [7, 11) is -4.45. The average Bonchev–Trinajstić information content (AvgIpc) is 2.80. The van der Waals surface area contributed by atoms with E-state index in [9.17, 15) is 19.1 Å². The predicted octanol–water partition coefficient (Wildman–Crippen LogP) is 1.55. The van der Waals surface area contributed by atoms with Crippen molar-refractivity contribution in [2.24, 2.45) is 5.73 Å². The Labute approximate surface area is 115 Å².